The summed E-state index contributed by atoms with van der Waals surface area (Å²) < 4.78 is 0. The summed E-state index contributed by atoms with van der Waals surface area (Å²) in [7, 11) is 2.09. The van der Waals surface area contributed by atoms with E-state index in [9.17, 15) is 4.79 Å². The Morgan fingerprint density at radius 3 is 2.86 bits per heavy atom. The van der Waals surface area contributed by atoms with E-state index in [4.69, 9.17) is 11.6 Å². The summed E-state index contributed by atoms with van der Waals surface area (Å²) in [4.78, 5) is 17.0. The van der Waals surface area contributed by atoms with Crippen LogP contribution in [0.15, 0.2) is 18.2 Å². The van der Waals surface area contributed by atoms with Gasteiger partial charge in [0.25, 0.3) is 5.91 Å². The molecular weight excluding hydrogens is 288 g/mol. The minimum Gasteiger partial charge on any atom is -0.332 e. The largest absolute Gasteiger partial charge is 0.332 e. The minimum absolute atomic E-state index is 0.0315. The Morgan fingerprint density at radius 1 is 1.33 bits per heavy atom. The van der Waals surface area contributed by atoms with Crippen molar-refractivity contribution < 1.29 is 4.79 Å². The lowest BCUT2D eigenvalue weighted by Gasteiger charge is -2.42. The molecule has 3 rings (SSSR count). The Kier molecular flexibility index (Phi) is 3.63. The van der Waals surface area contributed by atoms with E-state index in [0.717, 1.165) is 17.4 Å². The maximum atomic E-state index is 12.8. The average Bonchev–Trinajstić information content (AvgIpc) is 2.85. The van der Waals surface area contributed by atoms with Crippen LogP contribution >= 0.6 is 11.6 Å². The summed E-state index contributed by atoms with van der Waals surface area (Å²) in [5, 5.41) is 8.50. The molecule has 1 amide bonds. The standard InChI is InChI=1S/C15H19ClN4O/c1-9-8-20(10(2)7-19(9)3)15(21)14-12-6-11(16)4-5-13(12)17-18-14/h4-6,9-10H,7-8H2,1-3H3,(H,17,18). The van der Waals surface area contributed by atoms with Crippen LogP contribution in [0.25, 0.3) is 10.9 Å². The number of amides is 1. The van der Waals surface area contributed by atoms with Crippen LogP contribution in [0.1, 0.15) is 24.3 Å². The van der Waals surface area contributed by atoms with Gasteiger partial charge in [0.2, 0.25) is 0 Å². The number of hydrogen-bond donors (Lipinski definition) is 1. The zero-order valence-corrected chi connectivity index (χ0v) is 13.2. The second-order valence-electron chi connectivity index (χ2n) is 5.86. The van der Waals surface area contributed by atoms with Crippen molar-refractivity contribution in [3.05, 3.63) is 28.9 Å². The first kappa shape index (κ1) is 14.4. The van der Waals surface area contributed by atoms with Crippen LogP contribution in [0.3, 0.4) is 0 Å². The van der Waals surface area contributed by atoms with Gasteiger partial charge in [-0.25, -0.2) is 0 Å². The van der Waals surface area contributed by atoms with Gasteiger partial charge in [0.1, 0.15) is 0 Å². The third kappa shape index (κ3) is 2.51. The first-order valence-electron chi connectivity index (χ1n) is 7.12. The number of H-pyrrole nitrogens is 1. The molecule has 0 radical (unpaired) electrons. The quantitative estimate of drug-likeness (QED) is 0.880. The number of rotatable bonds is 1. The Hall–Kier alpha value is -1.59. The predicted octanol–water partition coefficient (Wildman–Crippen LogP) is 2.38. The number of carbonyl (C=O) groups excluding carboxylic acids is 1. The second-order valence-corrected chi connectivity index (χ2v) is 6.29. The number of piperazine rings is 1. The molecule has 0 spiro atoms. The first-order chi connectivity index (χ1) is 9.97. The van der Waals surface area contributed by atoms with Gasteiger partial charge in [-0.15, -0.1) is 0 Å². The van der Waals surface area contributed by atoms with E-state index >= 15 is 0 Å². The van der Waals surface area contributed by atoms with Gasteiger partial charge in [0, 0.05) is 35.6 Å². The van der Waals surface area contributed by atoms with Crippen molar-refractivity contribution in [2.75, 3.05) is 20.1 Å². The molecule has 6 heteroatoms. The maximum absolute atomic E-state index is 12.8. The molecule has 1 N–H and O–H groups in total. The van der Waals surface area contributed by atoms with Crippen molar-refractivity contribution in [3.63, 3.8) is 0 Å². The fourth-order valence-corrected chi connectivity index (χ4v) is 3.04. The summed E-state index contributed by atoms with van der Waals surface area (Å²) in [6, 6.07) is 5.94. The molecule has 1 aromatic carbocycles. The molecule has 2 aromatic rings. The molecule has 112 valence electrons. The SMILES string of the molecule is CC1CN(C(=O)c2n[nH]c3ccc(Cl)cc23)C(C)CN1C. The topological polar surface area (TPSA) is 52.2 Å². The van der Waals surface area contributed by atoms with Crippen LogP contribution in [0, 0.1) is 0 Å². The molecule has 1 aliphatic heterocycles. The van der Waals surface area contributed by atoms with E-state index in [0.29, 0.717) is 23.3 Å². The van der Waals surface area contributed by atoms with E-state index in [-0.39, 0.29) is 11.9 Å². The van der Waals surface area contributed by atoms with Gasteiger partial charge < -0.3 is 4.90 Å². The van der Waals surface area contributed by atoms with Gasteiger partial charge >= 0.3 is 0 Å². The summed E-state index contributed by atoms with van der Waals surface area (Å²) in [6.07, 6.45) is 0. The molecule has 5 nitrogen and oxygen atoms in total. The van der Waals surface area contributed by atoms with Crippen LogP contribution in [0.5, 0.6) is 0 Å². The molecule has 2 atom stereocenters. The number of nitrogens with one attached hydrogen (secondary N) is 1. The third-order valence-corrected chi connectivity index (χ3v) is 4.52. The van der Waals surface area contributed by atoms with Gasteiger partial charge in [-0.05, 0) is 39.1 Å². The first-order valence-corrected chi connectivity index (χ1v) is 7.50. The van der Waals surface area contributed by atoms with E-state index < -0.39 is 0 Å². The minimum atomic E-state index is -0.0315. The highest BCUT2D eigenvalue weighted by molar-refractivity contribution is 6.31. The monoisotopic (exact) mass is 306 g/mol. The van der Waals surface area contributed by atoms with E-state index in [2.05, 4.69) is 36.0 Å². The number of aromatic nitrogens is 2. The highest BCUT2D eigenvalue weighted by Crippen LogP contribution is 2.23. The van der Waals surface area contributed by atoms with Crippen LogP contribution < -0.4 is 0 Å². The van der Waals surface area contributed by atoms with Crippen molar-refractivity contribution in [1.82, 2.24) is 20.0 Å². The van der Waals surface area contributed by atoms with Crippen molar-refractivity contribution in [2.24, 2.45) is 0 Å². The second kappa shape index (κ2) is 5.31. The number of carbonyl (C=O) groups is 1. The van der Waals surface area contributed by atoms with Crippen molar-refractivity contribution in [3.8, 4) is 0 Å². The molecule has 1 fully saturated rings. The van der Waals surface area contributed by atoms with Gasteiger partial charge in [-0.1, -0.05) is 11.6 Å². The Bertz CT molecular complexity index is 683. The fourth-order valence-electron chi connectivity index (χ4n) is 2.87. The van der Waals surface area contributed by atoms with Crippen LogP contribution in [0.2, 0.25) is 5.02 Å². The zero-order valence-electron chi connectivity index (χ0n) is 12.4. The zero-order chi connectivity index (χ0) is 15.1. The number of fused-ring (bicyclic) bond motifs is 1. The highest BCUT2D eigenvalue weighted by Gasteiger charge is 2.32. The number of benzene rings is 1. The molecule has 0 saturated carbocycles. The smallest absolute Gasteiger partial charge is 0.275 e. The molecule has 21 heavy (non-hydrogen) atoms. The average molecular weight is 307 g/mol. The van der Waals surface area contributed by atoms with E-state index in [1.807, 2.05) is 11.0 Å². The maximum Gasteiger partial charge on any atom is 0.275 e. The molecule has 2 heterocycles. The number of aromatic amines is 1. The van der Waals surface area contributed by atoms with Gasteiger partial charge in [-0.3, -0.25) is 14.8 Å². The van der Waals surface area contributed by atoms with Crippen molar-refractivity contribution in [1.29, 1.82) is 0 Å². The Morgan fingerprint density at radius 2 is 2.10 bits per heavy atom. The van der Waals surface area contributed by atoms with E-state index in [1.165, 1.54) is 0 Å². The van der Waals surface area contributed by atoms with Crippen LogP contribution in [-0.4, -0.2) is 58.1 Å². The molecular formula is C15H19ClN4O. The van der Waals surface area contributed by atoms with Crippen LogP contribution in [-0.2, 0) is 0 Å². The van der Waals surface area contributed by atoms with E-state index in [1.54, 1.807) is 12.1 Å². The molecule has 0 aliphatic carbocycles. The van der Waals surface area contributed by atoms with Gasteiger partial charge in [-0.2, -0.15) is 5.10 Å². The van der Waals surface area contributed by atoms with Crippen LogP contribution in [0.4, 0.5) is 0 Å². The number of hydrogen-bond acceptors (Lipinski definition) is 3. The van der Waals surface area contributed by atoms with Crippen molar-refractivity contribution in [2.45, 2.75) is 25.9 Å². The summed E-state index contributed by atoms with van der Waals surface area (Å²) in [5.41, 5.74) is 1.29. The van der Waals surface area contributed by atoms with Crippen molar-refractivity contribution >= 4 is 28.4 Å². The number of nitrogens with zero attached hydrogens (tertiary/aromatic N) is 3. The predicted molar refractivity (Wildman–Crippen MR) is 83.7 cm³/mol. The molecule has 1 aromatic heterocycles. The third-order valence-electron chi connectivity index (χ3n) is 4.29. The molecule has 0 bridgehead atoms. The molecule has 2 unspecified atom stereocenters. The Balaban J connectivity index is 1.95. The summed E-state index contributed by atoms with van der Waals surface area (Å²) >= 11 is 6.04. The normalized spacial score (nSPS) is 23.7. The number of halogens is 1. The van der Waals surface area contributed by atoms with Gasteiger partial charge in [0.05, 0.1) is 5.52 Å². The summed E-state index contributed by atoms with van der Waals surface area (Å²) in [5.74, 6) is -0.0315. The molecule has 1 saturated heterocycles. The lowest BCUT2D eigenvalue weighted by Crippen LogP contribution is -2.56. The highest BCUT2D eigenvalue weighted by atomic mass is 35.5. The Labute approximate surface area is 128 Å². The lowest BCUT2D eigenvalue weighted by atomic mass is 10.1. The fraction of sp³-hybridized carbons (Fsp3) is 0.467. The summed E-state index contributed by atoms with van der Waals surface area (Å²) in [6.45, 7) is 5.79. The number of likely N-dealkylation sites (N-methyl/N-ethyl adjacent to an activating group) is 1. The lowest BCUT2D eigenvalue weighted by molar-refractivity contribution is 0.0394. The molecule has 1 aliphatic rings. The van der Waals surface area contributed by atoms with Gasteiger partial charge in [0.15, 0.2) is 5.69 Å².